The molecule has 0 saturated heterocycles. The van der Waals surface area contributed by atoms with E-state index >= 15 is 0 Å². The maximum atomic E-state index is 14.2. The molecule has 0 radical (unpaired) electrons. The van der Waals surface area contributed by atoms with E-state index in [9.17, 15) is 4.39 Å². The number of methoxy groups -OCH3 is 1. The lowest BCUT2D eigenvalue weighted by Crippen LogP contribution is -2.11. The summed E-state index contributed by atoms with van der Waals surface area (Å²) in [7, 11) is 1.48. The van der Waals surface area contributed by atoms with Gasteiger partial charge in [0.1, 0.15) is 0 Å². The molecule has 2 rings (SSSR count). The largest absolute Gasteiger partial charge is 0.494 e. The minimum atomic E-state index is -0.278. The Morgan fingerprint density at radius 1 is 1.14 bits per heavy atom. The van der Waals surface area contributed by atoms with Gasteiger partial charge in [-0.15, -0.1) is 11.6 Å². The Bertz CT molecular complexity index is 598. The van der Waals surface area contributed by atoms with E-state index in [2.05, 4.69) is 25.1 Å². The van der Waals surface area contributed by atoms with Crippen LogP contribution in [0, 0.1) is 18.7 Å². The molecule has 1 nitrogen and oxygen atoms in total. The van der Waals surface area contributed by atoms with Crippen LogP contribution in [0.1, 0.15) is 16.7 Å². The van der Waals surface area contributed by atoms with E-state index in [-0.39, 0.29) is 17.5 Å². The summed E-state index contributed by atoms with van der Waals surface area (Å²) in [5.74, 6) is 0.718. The van der Waals surface area contributed by atoms with Gasteiger partial charge in [0.2, 0.25) is 0 Å². The Hall–Kier alpha value is -1.54. The number of halogens is 2. The molecule has 0 bridgehead atoms. The van der Waals surface area contributed by atoms with E-state index in [1.807, 2.05) is 12.1 Å². The Balaban J connectivity index is 2.12. The summed E-state index contributed by atoms with van der Waals surface area (Å²) in [4.78, 5) is 0. The molecule has 1 atom stereocenters. The first-order valence-electron chi connectivity index (χ1n) is 7.07. The molecule has 112 valence electrons. The van der Waals surface area contributed by atoms with Crippen molar-refractivity contribution in [3.63, 3.8) is 0 Å². The number of hydrogen-bond donors (Lipinski definition) is 0. The van der Waals surface area contributed by atoms with E-state index in [1.165, 1.54) is 18.2 Å². The SMILES string of the molecule is COc1cccc(CC(CCl)Cc2cccc(C)c2)c1F. The summed E-state index contributed by atoms with van der Waals surface area (Å²) in [5, 5.41) is 0. The van der Waals surface area contributed by atoms with Crippen LogP contribution in [0.15, 0.2) is 42.5 Å². The third-order valence-electron chi connectivity index (χ3n) is 3.60. The number of alkyl halides is 1. The van der Waals surface area contributed by atoms with Crippen LogP contribution in [0.25, 0.3) is 0 Å². The van der Waals surface area contributed by atoms with Gasteiger partial charge in [-0.25, -0.2) is 4.39 Å². The van der Waals surface area contributed by atoms with Crippen molar-refractivity contribution in [3.05, 3.63) is 65.0 Å². The third-order valence-corrected chi connectivity index (χ3v) is 4.03. The molecule has 1 unspecified atom stereocenters. The molecule has 0 spiro atoms. The lowest BCUT2D eigenvalue weighted by Gasteiger charge is -2.16. The molecule has 0 aliphatic rings. The second kappa shape index (κ2) is 7.46. The predicted molar refractivity (Wildman–Crippen MR) is 85.7 cm³/mol. The molecular weight excluding hydrogens is 287 g/mol. The summed E-state index contributed by atoms with van der Waals surface area (Å²) < 4.78 is 19.2. The first-order valence-corrected chi connectivity index (χ1v) is 7.60. The van der Waals surface area contributed by atoms with Crippen LogP contribution in [0.3, 0.4) is 0 Å². The summed E-state index contributed by atoms with van der Waals surface area (Å²) in [6.07, 6.45) is 1.46. The highest BCUT2D eigenvalue weighted by molar-refractivity contribution is 6.18. The van der Waals surface area contributed by atoms with E-state index < -0.39 is 0 Å². The van der Waals surface area contributed by atoms with Crippen LogP contribution in [0.2, 0.25) is 0 Å². The van der Waals surface area contributed by atoms with Crippen LogP contribution < -0.4 is 4.74 Å². The molecule has 2 aromatic carbocycles. The summed E-state index contributed by atoms with van der Waals surface area (Å²) >= 11 is 6.08. The zero-order valence-electron chi connectivity index (χ0n) is 12.4. The van der Waals surface area contributed by atoms with Gasteiger partial charge in [-0.3, -0.25) is 0 Å². The standard InChI is InChI=1S/C18H20ClFO/c1-13-5-3-6-14(9-13)10-15(12-19)11-16-7-4-8-17(21-2)18(16)20/h3-9,15H,10-12H2,1-2H3. The van der Waals surface area contributed by atoms with Crippen molar-refractivity contribution < 1.29 is 9.13 Å². The molecule has 3 heteroatoms. The molecule has 0 aliphatic carbocycles. The van der Waals surface area contributed by atoms with Gasteiger partial charge in [-0.1, -0.05) is 42.0 Å². The fourth-order valence-electron chi connectivity index (χ4n) is 2.54. The van der Waals surface area contributed by atoms with E-state index in [0.29, 0.717) is 17.9 Å². The highest BCUT2D eigenvalue weighted by atomic mass is 35.5. The van der Waals surface area contributed by atoms with Crippen LogP contribution >= 0.6 is 11.6 Å². The molecule has 0 aromatic heterocycles. The molecule has 0 heterocycles. The minimum Gasteiger partial charge on any atom is -0.494 e. The minimum absolute atomic E-state index is 0.204. The van der Waals surface area contributed by atoms with Crippen molar-refractivity contribution in [1.82, 2.24) is 0 Å². The molecule has 0 amide bonds. The number of rotatable bonds is 6. The lowest BCUT2D eigenvalue weighted by atomic mass is 9.93. The van der Waals surface area contributed by atoms with E-state index in [0.717, 1.165) is 6.42 Å². The highest BCUT2D eigenvalue weighted by Gasteiger charge is 2.15. The number of hydrogen-bond acceptors (Lipinski definition) is 1. The normalized spacial score (nSPS) is 12.2. The van der Waals surface area contributed by atoms with Gasteiger partial charge in [0.25, 0.3) is 0 Å². The Morgan fingerprint density at radius 2 is 1.90 bits per heavy atom. The topological polar surface area (TPSA) is 9.23 Å². The second-order valence-electron chi connectivity index (χ2n) is 5.35. The zero-order chi connectivity index (χ0) is 15.2. The maximum absolute atomic E-state index is 14.2. The number of aryl methyl sites for hydroxylation is 1. The van der Waals surface area contributed by atoms with Crippen LogP contribution in [0.4, 0.5) is 4.39 Å². The smallest absolute Gasteiger partial charge is 0.168 e. The fraction of sp³-hybridized carbons (Fsp3) is 0.333. The quantitative estimate of drug-likeness (QED) is 0.698. The fourth-order valence-corrected chi connectivity index (χ4v) is 2.75. The summed E-state index contributed by atoms with van der Waals surface area (Å²) in [6, 6.07) is 13.6. The van der Waals surface area contributed by atoms with Crippen molar-refractivity contribution in [2.45, 2.75) is 19.8 Å². The van der Waals surface area contributed by atoms with Crippen molar-refractivity contribution >= 4 is 11.6 Å². The Kier molecular flexibility index (Phi) is 5.63. The third kappa shape index (κ3) is 4.21. The molecule has 21 heavy (non-hydrogen) atoms. The van der Waals surface area contributed by atoms with Gasteiger partial charge in [0, 0.05) is 5.88 Å². The van der Waals surface area contributed by atoms with E-state index in [1.54, 1.807) is 12.1 Å². The van der Waals surface area contributed by atoms with Crippen LogP contribution in [-0.4, -0.2) is 13.0 Å². The Morgan fingerprint density at radius 3 is 2.57 bits per heavy atom. The monoisotopic (exact) mass is 306 g/mol. The van der Waals surface area contributed by atoms with Crippen molar-refractivity contribution in [1.29, 1.82) is 0 Å². The first-order chi connectivity index (χ1) is 10.1. The highest BCUT2D eigenvalue weighted by Crippen LogP contribution is 2.24. The molecule has 0 fully saturated rings. The second-order valence-corrected chi connectivity index (χ2v) is 5.66. The molecule has 0 N–H and O–H groups in total. The van der Waals surface area contributed by atoms with Crippen molar-refractivity contribution in [2.75, 3.05) is 13.0 Å². The van der Waals surface area contributed by atoms with Crippen molar-refractivity contribution in [2.24, 2.45) is 5.92 Å². The molecule has 0 saturated carbocycles. The van der Waals surface area contributed by atoms with Gasteiger partial charge in [0.05, 0.1) is 7.11 Å². The predicted octanol–water partition coefficient (Wildman–Crippen LogP) is 4.78. The molecule has 2 aromatic rings. The van der Waals surface area contributed by atoms with Crippen molar-refractivity contribution in [3.8, 4) is 5.75 Å². The average molecular weight is 307 g/mol. The van der Waals surface area contributed by atoms with Crippen LogP contribution in [0.5, 0.6) is 5.75 Å². The van der Waals surface area contributed by atoms with Gasteiger partial charge < -0.3 is 4.74 Å². The lowest BCUT2D eigenvalue weighted by molar-refractivity contribution is 0.382. The van der Waals surface area contributed by atoms with Gasteiger partial charge in [-0.2, -0.15) is 0 Å². The first kappa shape index (κ1) is 15.8. The van der Waals surface area contributed by atoms with Crippen LogP contribution in [-0.2, 0) is 12.8 Å². The van der Waals surface area contributed by atoms with Gasteiger partial charge in [0.15, 0.2) is 11.6 Å². The van der Waals surface area contributed by atoms with E-state index in [4.69, 9.17) is 16.3 Å². The zero-order valence-corrected chi connectivity index (χ0v) is 13.2. The molecular formula is C18H20ClFO. The van der Waals surface area contributed by atoms with Gasteiger partial charge in [-0.05, 0) is 42.9 Å². The number of ether oxygens (including phenoxy) is 1. The maximum Gasteiger partial charge on any atom is 0.168 e. The van der Waals surface area contributed by atoms with Gasteiger partial charge >= 0.3 is 0 Å². The Labute approximate surface area is 130 Å². The summed E-state index contributed by atoms with van der Waals surface area (Å²) in [6.45, 7) is 2.07. The summed E-state index contributed by atoms with van der Waals surface area (Å²) in [5.41, 5.74) is 3.13. The average Bonchev–Trinajstić information content (AvgIpc) is 2.48. The molecule has 0 aliphatic heterocycles. The number of benzene rings is 2.